The van der Waals surface area contributed by atoms with Crippen molar-refractivity contribution in [3.8, 4) is 0 Å². The topological polar surface area (TPSA) is 46.2 Å². The lowest BCUT2D eigenvalue weighted by molar-refractivity contribution is -0.125. The first-order valence-corrected chi connectivity index (χ1v) is 10.5. The van der Waals surface area contributed by atoms with Crippen LogP contribution in [0.5, 0.6) is 0 Å². The van der Waals surface area contributed by atoms with Crippen molar-refractivity contribution in [1.29, 1.82) is 0 Å². The summed E-state index contributed by atoms with van der Waals surface area (Å²) < 4.78 is 13.3. The summed E-state index contributed by atoms with van der Waals surface area (Å²) in [6.07, 6.45) is 3.80. The lowest BCUT2D eigenvalue weighted by Crippen LogP contribution is -2.33. The van der Waals surface area contributed by atoms with Crippen LogP contribution in [0.2, 0.25) is 5.02 Å². The molecule has 2 aromatic rings. The minimum atomic E-state index is -0.560. The molecular formula is C25H27ClFNO2. The van der Waals surface area contributed by atoms with Gasteiger partial charge < -0.3 is 0 Å². The SMILES string of the molecule is C=C(C(=O)NC(=O)/C(=C/c1ccc(Cl)cc1)c1ccc(F)cc1)C(C)C1CC1.CC. The van der Waals surface area contributed by atoms with E-state index in [1.165, 1.54) is 24.3 Å². The number of amides is 2. The molecule has 158 valence electrons. The first-order chi connectivity index (χ1) is 14.3. The summed E-state index contributed by atoms with van der Waals surface area (Å²) in [7, 11) is 0. The summed E-state index contributed by atoms with van der Waals surface area (Å²) >= 11 is 5.91. The Morgan fingerprint density at radius 1 is 1.07 bits per heavy atom. The number of nitrogens with one attached hydrogen (secondary N) is 1. The number of benzene rings is 2. The maximum Gasteiger partial charge on any atom is 0.258 e. The normalized spacial score (nSPS) is 14.2. The van der Waals surface area contributed by atoms with Crippen molar-refractivity contribution >= 4 is 35.1 Å². The van der Waals surface area contributed by atoms with Gasteiger partial charge in [-0.2, -0.15) is 0 Å². The van der Waals surface area contributed by atoms with Crippen molar-refractivity contribution in [2.45, 2.75) is 33.6 Å². The number of imide groups is 1. The molecule has 5 heteroatoms. The van der Waals surface area contributed by atoms with Gasteiger partial charge in [-0.1, -0.05) is 63.2 Å². The molecule has 0 aliphatic heterocycles. The molecule has 0 radical (unpaired) electrons. The highest BCUT2D eigenvalue weighted by Crippen LogP contribution is 2.39. The molecule has 1 saturated carbocycles. The zero-order valence-corrected chi connectivity index (χ0v) is 18.3. The van der Waals surface area contributed by atoms with Crippen LogP contribution in [-0.4, -0.2) is 11.8 Å². The average molecular weight is 428 g/mol. The molecular weight excluding hydrogens is 401 g/mol. The number of hydrogen-bond acceptors (Lipinski definition) is 2. The Kier molecular flexibility index (Phi) is 8.55. The predicted molar refractivity (Wildman–Crippen MR) is 121 cm³/mol. The number of halogens is 2. The molecule has 1 unspecified atom stereocenters. The monoisotopic (exact) mass is 427 g/mol. The molecule has 0 aromatic heterocycles. The molecule has 1 aliphatic carbocycles. The minimum Gasteiger partial charge on any atom is -0.288 e. The van der Waals surface area contributed by atoms with Crippen molar-refractivity contribution in [3.63, 3.8) is 0 Å². The summed E-state index contributed by atoms with van der Waals surface area (Å²) in [5.74, 6) is -0.932. The first kappa shape index (κ1) is 23.6. The zero-order chi connectivity index (χ0) is 22.3. The highest BCUT2D eigenvalue weighted by molar-refractivity contribution is 6.31. The summed E-state index contributed by atoms with van der Waals surface area (Å²) in [6, 6.07) is 12.5. The van der Waals surface area contributed by atoms with E-state index in [2.05, 4.69) is 11.9 Å². The molecule has 0 saturated heterocycles. The van der Waals surface area contributed by atoms with Crippen LogP contribution in [0, 0.1) is 17.7 Å². The number of rotatable bonds is 6. The van der Waals surface area contributed by atoms with Gasteiger partial charge in [-0.25, -0.2) is 4.39 Å². The fourth-order valence-corrected chi connectivity index (χ4v) is 3.10. The van der Waals surface area contributed by atoms with Crippen LogP contribution >= 0.6 is 11.6 Å². The van der Waals surface area contributed by atoms with E-state index in [0.29, 0.717) is 22.1 Å². The number of carbonyl (C=O) groups excluding carboxylic acids is 2. The van der Waals surface area contributed by atoms with Gasteiger partial charge in [-0.15, -0.1) is 0 Å². The van der Waals surface area contributed by atoms with E-state index in [4.69, 9.17) is 11.6 Å². The molecule has 1 atom stereocenters. The third-order valence-electron chi connectivity index (χ3n) is 4.98. The van der Waals surface area contributed by atoms with E-state index in [1.54, 1.807) is 30.3 Å². The zero-order valence-electron chi connectivity index (χ0n) is 17.5. The minimum absolute atomic E-state index is 0.0438. The Balaban J connectivity index is 0.00000155. The third kappa shape index (κ3) is 6.39. The first-order valence-electron chi connectivity index (χ1n) is 10.1. The van der Waals surface area contributed by atoms with Crippen LogP contribution in [-0.2, 0) is 9.59 Å². The van der Waals surface area contributed by atoms with Crippen molar-refractivity contribution < 1.29 is 14.0 Å². The lowest BCUT2D eigenvalue weighted by atomic mass is 9.96. The molecule has 3 rings (SSSR count). The highest BCUT2D eigenvalue weighted by atomic mass is 35.5. The van der Waals surface area contributed by atoms with Gasteiger partial charge in [0.1, 0.15) is 5.82 Å². The number of carbonyl (C=O) groups is 2. The summed E-state index contributed by atoms with van der Waals surface area (Å²) in [6.45, 7) is 9.81. The van der Waals surface area contributed by atoms with Gasteiger partial charge in [0.05, 0.1) is 0 Å². The molecule has 2 amide bonds. The Morgan fingerprint density at radius 2 is 1.63 bits per heavy atom. The summed E-state index contributed by atoms with van der Waals surface area (Å²) in [5.41, 5.74) is 1.89. The average Bonchev–Trinajstić information content (AvgIpc) is 3.60. The quantitative estimate of drug-likeness (QED) is 0.435. The van der Waals surface area contributed by atoms with Gasteiger partial charge in [0.15, 0.2) is 0 Å². The molecule has 2 aromatic carbocycles. The summed E-state index contributed by atoms with van der Waals surface area (Å²) in [5, 5.41) is 3.00. The standard InChI is InChI=1S/C23H21ClFNO2.C2H6/c1-14(17-5-6-17)15(2)22(27)26-23(28)21(18-7-11-20(25)12-8-18)13-16-3-9-19(24)10-4-16;1-2/h3-4,7-14,17H,2,5-6H2,1H3,(H,26,27,28);1-2H3/b21-13+;. The Hall–Kier alpha value is -2.72. The molecule has 0 bridgehead atoms. The Bertz CT molecular complexity index is 929. The Labute approximate surface area is 182 Å². The van der Waals surface area contributed by atoms with Crippen molar-refractivity contribution in [2.75, 3.05) is 0 Å². The molecule has 0 heterocycles. The van der Waals surface area contributed by atoms with Gasteiger partial charge in [0, 0.05) is 16.2 Å². The van der Waals surface area contributed by atoms with Crippen LogP contribution in [0.25, 0.3) is 11.6 Å². The lowest BCUT2D eigenvalue weighted by Gasteiger charge is -2.14. The van der Waals surface area contributed by atoms with Gasteiger partial charge in [-0.3, -0.25) is 14.9 Å². The van der Waals surface area contributed by atoms with Crippen molar-refractivity contribution in [1.82, 2.24) is 5.32 Å². The maximum absolute atomic E-state index is 13.3. The fraction of sp³-hybridized carbons (Fsp3) is 0.280. The van der Waals surface area contributed by atoms with E-state index in [9.17, 15) is 14.0 Å². The largest absolute Gasteiger partial charge is 0.288 e. The molecule has 1 N–H and O–H groups in total. The molecule has 3 nitrogen and oxygen atoms in total. The van der Waals surface area contributed by atoms with E-state index >= 15 is 0 Å². The van der Waals surface area contributed by atoms with E-state index in [1.807, 2.05) is 20.8 Å². The van der Waals surface area contributed by atoms with Crippen LogP contribution < -0.4 is 5.32 Å². The fourth-order valence-electron chi connectivity index (χ4n) is 2.97. The Morgan fingerprint density at radius 3 is 2.17 bits per heavy atom. The molecule has 1 aliphatic rings. The summed E-state index contributed by atoms with van der Waals surface area (Å²) in [4.78, 5) is 25.3. The van der Waals surface area contributed by atoms with Gasteiger partial charge in [-0.05, 0) is 66.1 Å². The maximum atomic E-state index is 13.3. The third-order valence-corrected chi connectivity index (χ3v) is 5.23. The predicted octanol–water partition coefficient (Wildman–Crippen LogP) is 6.29. The molecule has 0 spiro atoms. The van der Waals surface area contributed by atoms with Gasteiger partial charge in [0.25, 0.3) is 11.8 Å². The molecule has 30 heavy (non-hydrogen) atoms. The van der Waals surface area contributed by atoms with Gasteiger partial charge in [0.2, 0.25) is 0 Å². The van der Waals surface area contributed by atoms with Crippen LogP contribution in [0.3, 0.4) is 0 Å². The second-order valence-electron chi connectivity index (χ2n) is 7.05. The second-order valence-corrected chi connectivity index (χ2v) is 7.49. The van der Waals surface area contributed by atoms with Crippen molar-refractivity contribution in [2.24, 2.45) is 11.8 Å². The van der Waals surface area contributed by atoms with Crippen LogP contribution in [0.1, 0.15) is 44.7 Å². The molecule has 1 fully saturated rings. The van der Waals surface area contributed by atoms with E-state index in [0.717, 1.165) is 18.4 Å². The van der Waals surface area contributed by atoms with Crippen molar-refractivity contribution in [3.05, 3.63) is 82.6 Å². The van der Waals surface area contributed by atoms with Gasteiger partial charge >= 0.3 is 0 Å². The highest BCUT2D eigenvalue weighted by Gasteiger charge is 2.32. The van der Waals surface area contributed by atoms with E-state index < -0.39 is 17.6 Å². The number of hydrogen-bond donors (Lipinski definition) is 1. The van der Waals surface area contributed by atoms with E-state index in [-0.39, 0.29) is 11.5 Å². The smallest absolute Gasteiger partial charge is 0.258 e. The van der Waals surface area contributed by atoms with Crippen LogP contribution in [0.4, 0.5) is 4.39 Å². The second kappa shape index (κ2) is 10.9. The van der Waals surface area contributed by atoms with Crippen LogP contribution in [0.15, 0.2) is 60.7 Å².